The summed E-state index contributed by atoms with van der Waals surface area (Å²) in [6, 6.07) is 13.2. The minimum absolute atomic E-state index is 0.143. The van der Waals surface area contributed by atoms with Crippen molar-refractivity contribution in [3.05, 3.63) is 64.2 Å². The molecule has 4 nitrogen and oxygen atoms in total. The van der Waals surface area contributed by atoms with Crippen molar-refractivity contribution in [2.45, 2.75) is 26.7 Å². The fourth-order valence-corrected chi connectivity index (χ4v) is 2.39. The number of benzene rings is 2. The van der Waals surface area contributed by atoms with Gasteiger partial charge in [0.1, 0.15) is 0 Å². The number of anilines is 1. The Balaban J connectivity index is 1.91. The number of nitrogens with one attached hydrogen (secondary N) is 1. The van der Waals surface area contributed by atoms with Crippen LogP contribution >= 0.6 is 11.6 Å². The van der Waals surface area contributed by atoms with Gasteiger partial charge in [0, 0.05) is 10.7 Å². The standard InChI is InChI=1S/C19H21ClN2O2/c1-13(2)17-6-4-5-14(3)19(17)22-18(23)12-24-21-11-15-7-9-16(20)10-8-15/h4-11,13H,12H2,1-3H3,(H,22,23)/b21-11+. The Kier molecular flexibility index (Phi) is 6.38. The molecule has 5 heteroatoms. The van der Waals surface area contributed by atoms with Crippen LogP contribution < -0.4 is 5.32 Å². The highest BCUT2D eigenvalue weighted by molar-refractivity contribution is 6.30. The Morgan fingerprint density at radius 3 is 2.62 bits per heavy atom. The minimum atomic E-state index is -0.237. The minimum Gasteiger partial charge on any atom is -0.386 e. The largest absolute Gasteiger partial charge is 0.386 e. The van der Waals surface area contributed by atoms with E-state index in [1.54, 1.807) is 12.1 Å². The fraction of sp³-hybridized carbons (Fsp3) is 0.263. The van der Waals surface area contributed by atoms with E-state index in [1.165, 1.54) is 6.21 Å². The Labute approximate surface area is 147 Å². The number of carbonyl (C=O) groups is 1. The first kappa shape index (κ1) is 18.0. The second-order valence-electron chi connectivity index (χ2n) is 5.80. The molecule has 0 aliphatic heterocycles. The van der Waals surface area contributed by atoms with Gasteiger partial charge < -0.3 is 10.2 Å². The van der Waals surface area contributed by atoms with Gasteiger partial charge in [0.25, 0.3) is 5.91 Å². The van der Waals surface area contributed by atoms with E-state index >= 15 is 0 Å². The molecule has 0 aliphatic rings. The number of oxime groups is 1. The average molecular weight is 345 g/mol. The first-order chi connectivity index (χ1) is 11.5. The number of nitrogens with zero attached hydrogens (tertiary/aromatic N) is 1. The Bertz CT molecular complexity index is 725. The summed E-state index contributed by atoms with van der Waals surface area (Å²) in [5.74, 6) is 0.0866. The van der Waals surface area contributed by atoms with Crippen LogP contribution in [0.2, 0.25) is 5.02 Å². The molecule has 0 saturated heterocycles. The molecule has 0 radical (unpaired) electrons. The predicted octanol–water partition coefficient (Wildman–Crippen LogP) is 4.76. The Hall–Kier alpha value is -2.33. The van der Waals surface area contributed by atoms with Crippen LogP contribution in [-0.2, 0) is 9.63 Å². The zero-order valence-electron chi connectivity index (χ0n) is 14.0. The first-order valence-electron chi connectivity index (χ1n) is 7.77. The van der Waals surface area contributed by atoms with Gasteiger partial charge >= 0.3 is 0 Å². The van der Waals surface area contributed by atoms with Gasteiger partial charge in [-0.2, -0.15) is 0 Å². The van der Waals surface area contributed by atoms with Crippen molar-refractivity contribution in [1.29, 1.82) is 0 Å². The molecule has 2 aromatic carbocycles. The van der Waals surface area contributed by atoms with E-state index < -0.39 is 0 Å². The normalized spacial score (nSPS) is 11.0. The summed E-state index contributed by atoms with van der Waals surface area (Å²) in [6.45, 7) is 6.02. The average Bonchev–Trinajstić information content (AvgIpc) is 2.55. The second-order valence-corrected chi connectivity index (χ2v) is 6.24. The number of aryl methyl sites for hydroxylation is 1. The molecule has 0 unspecified atom stereocenters. The quantitative estimate of drug-likeness (QED) is 0.606. The molecular formula is C19H21ClN2O2. The third-order valence-corrected chi connectivity index (χ3v) is 3.79. The van der Waals surface area contributed by atoms with Crippen LogP contribution in [0, 0.1) is 6.92 Å². The van der Waals surface area contributed by atoms with Gasteiger partial charge in [-0.25, -0.2) is 0 Å². The number of hydrogen-bond acceptors (Lipinski definition) is 3. The second kappa shape index (κ2) is 8.50. The summed E-state index contributed by atoms with van der Waals surface area (Å²) in [5.41, 5.74) is 3.83. The Morgan fingerprint density at radius 1 is 1.25 bits per heavy atom. The van der Waals surface area contributed by atoms with E-state index in [9.17, 15) is 4.79 Å². The highest BCUT2D eigenvalue weighted by Crippen LogP contribution is 2.27. The predicted molar refractivity (Wildman–Crippen MR) is 98.9 cm³/mol. The van der Waals surface area contributed by atoms with Gasteiger partial charge in [0.2, 0.25) is 0 Å². The molecule has 0 atom stereocenters. The number of para-hydroxylation sites is 1. The van der Waals surface area contributed by atoms with Crippen molar-refractivity contribution in [3.8, 4) is 0 Å². The molecule has 0 heterocycles. The molecule has 126 valence electrons. The van der Waals surface area contributed by atoms with E-state index in [4.69, 9.17) is 16.4 Å². The monoisotopic (exact) mass is 344 g/mol. The highest BCUT2D eigenvalue weighted by atomic mass is 35.5. The maximum atomic E-state index is 12.1. The number of amides is 1. The van der Waals surface area contributed by atoms with Crippen LogP contribution in [0.4, 0.5) is 5.69 Å². The maximum Gasteiger partial charge on any atom is 0.265 e. The van der Waals surface area contributed by atoms with Gasteiger partial charge in [-0.05, 0) is 41.7 Å². The van der Waals surface area contributed by atoms with Crippen LogP contribution in [0.25, 0.3) is 0 Å². The van der Waals surface area contributed by atoms with Gasteiger partial charge in [0.15, 0.2) is 6.61 Å². The highest BCUT2D eigenvalue weighted by Gasteiger charge is 2.12. The van der Waals surface area contributed by atoms with E-state index in [1.807, 2.05) is 37.3 Å². The van der Waals surface area contributed by atoms with E-state index in [0.29, 0.717) is 10.9 Å². The van der Waals surface area contributed by atoms with Crippen LogP contribution in [0.5, 0.6) is 0 Å². The lowest BCUT2D eigenvalue weighted by Gasteiger charge is -2.16. The zero-order valence-corrected chi connectivity index (χ0v) is 14.8. The van der Waals surface area contributed by atoms with Crippen LogP contribution in [0.1, 0.15) is 36.5 Å². The molecule has 0 fully saturated rings. The van der Waals surface area contributed by atoms with E-state index in [2.05, 4.69) is 24.3 Å². The number of halogens is 1. The van der Waals surface area contributed by atoms with Crippen LogP contribution in [0.3, 0.4) is 0 Å². The molecule has 2 aromatic rings. The molecule has 2 rings (SSSR count). The summed E-state index contributed by atoms with van der Waals surface area (Å²) in [7, 11) is 0. The molecule has 0 bridgehead atoms. The lowest BCUT2D eigenvalue weighted by molar-refractivity contribution is -0.120. The van der Waals surface area contributed by atoms with E-state index in [0.717, 1.165) is 22.4 Å². The number of hydrogen-bond donors (Lipinski definition) is 1. The third-order valence-electron chi connectivity index (χ3n) is 3.53. The van der Waals surface area contributed by atoms with Crippen molar-refractivity contribution in [1.82, 2.24) is 0 Å². The Morgan fingerprint density at radius 2 is 1.96 bits per heavy atom. The summed E-state index contributed by atoms with van der Waals surface area (Å²) in [4.78, 5) is 17.1. The van der Waals surface area contributed by atoms with Crippen molar-refractivity contribution >= 4 is 29.4 Å². The van der Waals surface area contributed by atoms with Crippen molar-refractivity contribution < 1.29 is 9.63 Å². The van der Waals surface area contributed by atoms with Crippen molar-refractivity contribution in [2.75, 3.05) is 11.9 Å². The zero-order chi connectivity index (χ0) is 17.5. The summed E-state index contributed by atoms with van der Waals surface area (Å²) >= 11 is 5.81. The molecule has 0 aliphatic carbocycles. The first-order valence-corrected chi connectivity index (χ1v) is 8.15. The van der Waals surface area contributed by atoms with Crippen LogP contribution in [0.15, 0.2) is 47.6 Å². The lowest BCUT2D eigenvalue weighted by Crippen LogP contribution is -2.19. The molecule has 0 saturated carbocycles. The molecular weight excluding hydrogens is 324 g/mol. The molecule has 24 heavy (non-hydrogen) atoms. The summed E-state index contributed by atoms with van der Waals surface area (Å²) in [6.07, 6.45) is 1.54. The van der Waals surface area contributed by atoms with Crippen LogP contribution in [-0.4, -0.2) is 18.7 Å². The van der Waals surface area contributed by atoms with Crippen molar-refractivity contribution in [2.24, 2.45) is 5.16 Å². The fourth-order valence-electron chi connectivity index (χ4n) is 2.26. The molecule has 1 N–H and O–H groups in total. The summed E-state index contributed by atoms with van der Waals surface area (Å²) < 4.78 is 0. The third kappa shape index (κ3) is 5.10. The topological polar surface area (TPSA) is 50.7 Å². The maximum absolute atomic E-state index is 12.1. The van der Waals surface area contributed by atoms with Crippen molar-refractivity contribution in [3.63, 3.8) is 0 Å². The molecule has 1 amide bonds. The van der Waals surface area contributed by atoms with Gasteiger partial charge in [-0.3, -0.25) is 4.79 Å². The number of rotatable bonds is 6. The van der Waals surface area contributed by atoms with E-state index in [-0.39, 0.29) is 12.5 Å². The van der Waals surface area contributed by atoms with Gasteiger partial charge in [-0.1, -0.05) is 60.9 Å². The number of carbonyl (C=O) groups excluding carboxylic acids is 1. The smallest absolute Gasteiger partial charge is 0.265 e. The molecule has 0 aromatic heterocycles. The lowest BCUT2D eigenvalue weighted by atomic mass is 9.98. The van der Waals surface area contributed by atoms with Gasteiger partial charge in [0.05, 0.1) is 6.21 Å². The summed E-state index contributed by atoms with van der Waals surface area (Å²) in [5, 5.41) is 7.37. The van der Waals surface area contributed by atoms with Gasteiger partial charge in [-0.15, -0.1) is 0 Å². The SMILES string of the molecule is Cc1cccc(C(C)C)c1NC(=O)CO/N=C/c1ccc(Cl)cc1. The molecule has 0 spiro atoms.